The van der Waals surface area contributed by atoms with Crippen LogP contribution in [0.25, 0.3) is 0 Å². The molecule has 1 N–H and O–H groups in total. The number of likely N-dealkylation sites (tertiary alicyclic amines) is 2. The van der Waals surface area contributed by atoms with Gasteiger partial charge in [0.05, 0.1) is 12.6 Å². The molecule has 2 aliphatic rings. The van der Waals surface area contributed by atoms with E-state index in [1.165, 1.54) is 25.9 Å². The zero-order valence-corrected chi connectivity index (χ0v) is 21.7. The average molecular weight is 525 g/mol. The average Bonchev–Trinajstić information content (AvgIpc) is 2.69. The molecule has 2 aliphatic heterocycles. The molecule has 0 saturated carbocycles. The summed E-state index contributed by atoms with van der Waals surface area (Å²) in [6.07, 6.45) is 6.18. The van der Waals surface area contributed by atoms with Crippen molar-refractivity contribution in [2.75, 3.05) is 59.6 Å². The van der Waals surface area contributed by atoms with Crippen LogP contribution in [0.5, 0.6) is 0 Å². The third-order valence-electron chi connectivity index (χ3n) is 6.05. The largest absolute Gasteiger partial charge is 0.385 e. The summed E-state index contributed by atoms with van der Waals surface area (Å²) in [5.41, 5.74) is 0.109. The first-order valence-electron chi connectivity index (χ1n) is 11.3. The van der Waals surface area contributed by atoms with Gasteiger partial charge in [-0.2, -0.15) is 0 Å². The maximum atomic E-state index is 6.00. The number of ether oxygens (including phenoxy) is 2. The molecule has 7 heteroatoms. The van der Waals surface area contributed by atoms with E-state index in [-0.39, 0.29) is 29.5 Å². The first-order valence-corrected chi connectivity index (χ1v) is 11.3. The molecule has 2 rings (SSSR count). The summed E-state index contributed by atoms with van der Waals surface area (Å²) >= 11 is 0. The van der Waals surface area contributed by atoms with Gasteiger partial charge in [0.25, 0.3) is 0 Å². The van der Waals surface area contributed by atoms with Gasteiger partial charge in [-0.05, 0) is 65.3 Å². The molecule has 6 nitrogen and oxygen atoms in total. The molecule has 172 valence electrons. The second kappa shape index (κ2) is 14.0. The highest BCUT2D eigenvalue weighted by atomic mass is 127. The lowest BCUT2D eigenvalue weighted by atomic mass is 9.94. The van der Waals surface area contributed by atoms with Crippen molar-refractivity contribution in [2.24, 2.45) is 10.9 Å². The lowest BCUT2D eigenvalue weighted by Crippen LogP contribution is -2.52. The van der Waals surface area contributed by atoms with Crippen molar-refractivity contribution in [2.45, 2.75) is 71.4 Å². The highest BCUT2D eigenvalue weighted by molar-refractivity contribution is 14.0. The molecule has 0 bridgehead atoms. The van der Waals surface area contributed by atoms with E-state index in [1.807, 2.05) is 0 Å². The van der Waals surface area contributed by atoms with Crippen molar-refractivity contribution in [3.05, 3.63) is 0 Å². The molecule has 29 heavy (non-hydrogen) atoms. The van der Waals surface area contributed by atoms with Crippen molar-refractivity contribution in [3.8, 4) is 0 Å². The maximum absolute atomic E-state index is 6.00. The zero-order valence-electron chi connectivity index (χ0n) is 19.4. The molecule has 0 radical (unpaired) electrons. The molecule has 0 amide bonds. The van der Waals surface area contributed by atoms with Gasteiger partial charge >= 0.3 is 0 Å². The number of guanidine groups is 1. The second-order valence-corrected chi connectivity index (χ2v) is 9.08. The number of nitrogens with one attached hydrogen (secondary N) is 1. The van der Waals surface area contributed by atoms with Crippen molar-refractivity contribution in [1.29, 1.82) is 0 Å². The standard InChI is InChI=1S/C22H44N4O2.HI/c1-6-23-21(24-18-22(3,4)26-12-7-9-19(2)17-26)25-13-10-20(11-14-25)28-16-8-15-27-5;/h19-20H,6-18H2,1-5H3,(H,23,24);1H. The predicted molar refractivity (Wildman–Crippen MR) is 132 cm³/mol. The van der Waals surface area contributed by atoms with Gasteiger partial charge < -0.3 is 19.7 Å². The summed E-state index contributed by atoms with van der Waals surface area (Å²) in [4.78, 5) is 10.1. The maximum Gasteiger partial charge on any atom is 0.193 e. The topological polar surface area (TPSA) is 49.3 Å². The predicted octanol–water partition coefficient (Wildman–Crippen LogP) is 3.60. The number of rotatable bonds is 9. The summed E-state index contributed by atoms with van der Waals surface area (Å²) in [6.45, 7) is 17.0. The van der Waals surface area contributed by atoms with Crippen LogP contribution in [0.2, 0.25) is 0 Å². The van der Waals surface area contributed by atoms with Gasteiger partial charge in [0, 0.05) is 52.0 Å². The third-order valence-corrected chi connectivity index (χ3v) is 6.05. The third kappa shape index (κ3) is 9.27. The van der Waals surface area contributed by atoms with Crippen LogP contribution in [0.15, 0.2) is 4.99 Å². The van der Waals surface area contributed by atoms with E-state index >= 15 is 0 Å². The molecule has 0 aromatic carbocycles. The summed E-state index contributed by atoms with van der Waals surface area (Å²) < 4.78 is 11.1. The number of halogens is 1. The van der Waals surface area contributed by atoms with Crippen LogP contribution in [0, 0.1) is 5.92 Å². The molecule has 0 aliphatic carbocycles. The first kappa shape index (κ1) is 26.9. The van der Waals surface area contributed by atoms with Crippen LogP contribution in [0.3, 0.4) is 0 Å². The highest BCUT2D eigenvalue weighted by Crippen LogP contribution is 2.24. The molecule has 1 unspecified atom stereocenters. The fourth-order valence-electron chi connectivity index (χ4n) is 4.22. The van der Waals surface area contributed by atoms with Crippen LogP contribution in [0.1, 0.15) is 59.8 Å². The summed E-state index contributed by atoms with van der Waals surface area (Å²) in [5, 5.41) is 3.51. The van der Waals surface area contributed by atoms with Crippen molar-refractivity contribution >= 4 is 29.9 Å². The summed E-state index contributed by atoms with van der Waals surface area (Å²) in [6, 6.07) is 0. The van der Waals surface area contributed by atoms with Gasteiger partial charge in [-0.15, -0.1) is 24.0 Å². The smallest absolute Gasteiger partial charge is 0.193 e. The van der Waals surface area contributed by atoms with E-state index in [0.717, 1.165) is 70.5 Å². The van der Waals surface area contributed by atoms with Crippen LogP contribution in [-0.2, 0) is 9.47 Å². The lowest BCUT2D eigenvalue weighted by Gasteiger charge is -2.42. The minimum absolute atomic E-state index is 0. The van der Waals surface area contributed by atoms with Gasteiger partial charge in [-0.1, -0.05) is 6.92 Å². The first-order chi connectivity index (χ1) is 13.5. The molecule has 2 fully saturated rings. The fourth-order valence-corrected chi connectivity index (χ4v) is 4.22. The number of hydrogen-bond acceptors (Lipinski definition) is 4. The normalized spacial score (nSPS) is 22.4. The molecule has 0 aromatic rings. The SMILES string of the molecule is CCNC(=NCC(C)(C)N1CCCC(C)C1)N1CCC(OCCCOC)CC1.I. The Morgan fingerprint density at radius 1 is 1.14 bits per heavy atom. The monoisotopic (exact) mass is 524 g/mol. The Morgan fingerprint density at radius 2 is 1.86 bits per heavy atom. The lowest BCUT2D eigenvalue weighted by molar-refractivity contribution is 0.00981. The van der Waals surface area contributed by atoms with E-state index in [1.54, 1.807) is 7.11 Å². The van der Waals surface area contributed by atoms with Crippen LogP contribution >= 0.6 is 24.0 Å². The van der Waals surface area contributed by atoms with Gasteiger partial charge in [0.2, 0.25) is 0 Å². The second-order valence-electron chi connectivity index (χ2n) is 9.08. The Bertz CT molecular complexity index is 468. The molecular weight excluding hydrogens is 479 g/mol. The fraction of sp³-hybridized carbons (Fsp3) is 0.955. The molecule has 2 heterocycles. The Balaban J connectivity index is 0.00000420. The Hall–Kier alpha value is -0.120. The van der Waals surface area contributed by atoms with Crippen LogP contribution < -0.4 is 5.32 Å². The number of aliphatic imine (C=N–C) groups is 1. The minimum atomic E-state index is 0. The van der Waals surface area contributed by atoms with E-state index in [2.05, 4.69) is 42.8 Å². The number of nitrogens with zero attached hydrogens (tertiary/aromatic N) is 3. The highest BCUT2D eigenvalue weighted by Gasteiger charge is 2.30. The van der Waals surface area contributed by atoms with E-state index in [0.29, 0.717) is 6.10 Å². The van der Waals surface area contributed by atoms with Gasteiger partial charge in [-0.3, -0.25) is 9.89 Å². The van der Waals surface area contributed by atoms with Crippen molar-refractivity contribution in [1.82, 2.24) is 15.1 Å². The van der Waals surface area contributed by atoms with Gasteiger partial charge in [0.15, 0.2) is 5.96 Å². The van der Waals surface area contributed by atoms with Crippen molar-refractivity contribution < 1.29 is 9.47 Å². The minimum Gasteiger partial charge on any atom is -0.385 e. The number of methoxy groups -OCH3 is 1. The number of piperidine rings is 2. The van der Waals surface area contributed by atoms with Gasteiger partial charge in [-0.25, -0.2) is 0 Å². The summed E-state index contributed by atoms with van der Waals surface area (Å²) in [7, 11) is 1.74. The van der Waals surface area contributed by atoms with Crippen LogP contribution in [0.4, 0.5) is 0 Å². The number of hydrogen-bond donors (Lipinski definition) is 1. The zero-order chi connectivity index (χ0) is 20.4. The molecule has 2 saturated heterocycles. The van der Waals surface area contributed by atoms with Crippen molar-refractivity contribution in [3.63, 3.8) is 0 Å². The summed E-state index contributed by atoms with van der Waals surface area (Å²) in [5.74, 6) is 1.87. The molecule has 0 spiro atoms. The Morgan fingerprint density at radius 3 is 2.48 bits per heavy atom. The van der Waals surface area contributed by atoms with E-state index in [9.17, 15) is 0 Å². The Kier molecular flexibility index (Phi) is 13.0. The van der Waals surface area contributed by atoms with Crippen LogP contribution in [-0.4, -0.2) is 87.0 Å². The molecular formula is C22H45IN4O2. The van der Waals surface area contributed by atoms with Gasteiger partial charge in [0.1, 0.15) is 0 Å². The Labute approximate surface area is 196 Å². The quantitative estimate of drug-likeness (QED) is 0.216. The van der Waals surface area contributed by atoms with E-state index < -0.39 is 0 Å². The molecule has 0 aromatic heterocycles. The van der Waals surface area contributed by atoms with E-state index in [4.69, 9.17) is 14.5 Å². The molecule has 1 atom stereocenters.